The van der Waals surface area contributed by atoms with Gasteiger partial charge >= 0.3 is 5.97 Å². The first-order valence-corrected chi connectivity index (χ1v) is 8.98. The van der Waals surface area contributed by atoms with Crippen molar-refractivity contribution in [2.24, 2.45) is 0 Å². The van der Waals surface area contributed by atoms with Crippen LogP contribution < -0.4 is 0 Å². The van der Waals surface area contributed by atoms with Crippen molar-refractivity contribution in [2.75, 3.05) is 0 Å². The molecule has 1 aliphatic heterocycles. The number of hydrogen-bond acceptors (Lipinski definition) is 5. The number of hydrogen-bond donors (Lipinski definition) is 1. The fourth-order valence-electron chi connectivity index (χ4n) is 3.43. The van der Waals surface area contributed by atoms with Crippen LogP contribution in [0, 0.1) is 0 Å². The Morgan fingerprint density at radius 3 is 2.81 bits per heavy atom. The van der Waals surface area contributed by atoms with E-state index in [-0.39, 0.29) is 17.1 Å². The number of aromatic nitrogens is 1. The van der Waals surface area contributed by atoms with Gasteiger partial charge in [-0.1, -0.05) is 25.8 Å². The van der Waals surface area contributed by atoms with Gasteiger partial charge in [0.1, 0.15) is 11.3 Å². The number of pyridine rings is 1. The second-order valence-corrected chi connectivity index (χ2v) is 6.79. The van der Waals surface area contributed by atoms with Crippen LogP contribution in [0.4, 0.5) is 0 Å². The molecule has 1 aliphatic carbocycles. The van der Waals surface area contributed by atoms with Gasteiger partial charge in [0.05, 0.1) is 5.69 Å². The van der Waals surface area contributed by atoms with Crippen LogP contribution in [0.3, 0.4) is 0 Å². The molecule has 0 aromatic carbocycles. The standard InChI is InChI=1S/C21H23NO4/c1-4-6-7-9-17(23)18-16-11-13-10-14(8-5-2)22-12-15(13)19(24)21(16,3)26-20(18)25/h5,8,10-12,23H,4,6-7,9H2,1-3H3/b8-5+,18-17?/t21-/m1/s1. The zero-order valence-electron chi connectivity index (χ0n) is 15.3. The Bertz CT molecular complexity index is 863. The summed E-state index contributed by atoms with van der Waals surface area (Å²) in [6, 6.07) is 1.80. The number of rotatable bonds is 5. The lowest BCUT2D eigenvalue weighted by Gasteiger charge is -2.27. The summed E-state index contributed by atoms with van der Waals surface area (Å²) in [7, 11) is 0. The van der Waals surface area contributed by atoms with Crippen LogP contribution in [0.5, 0.6) is 0 Å². The van der Waals surface area contributed by atoms with Crippen LogP contribution >= 0.6 is 0 Å². The summed E-state index contributed by atoms with van der Waals surface area (Å²) in [6.45, 7) is 5.54. The maximum absolute atomic E-state index is 13.0. The Kier molecular flexibility index (Phi) is 4.81. The number of fused-ring (bicyclic) bond motifs is 2. The van der Waals surface area contributed by atoms with Gasteiger partial charge in [-0.3, -0.25) is 9.78 Å². The minimum Gasteiger partial charge on any atom is -0.511 e. The number of carbonyl (C=O) groups is 2. The number of ketones is 1. The van der Waals surface area contributed by atoms with Crippen molar-refractivity contribution in [1.29, 1.82) is 0 Å². The number of unbranched alkanes of at least 4 members (excludes halogenated alkanes) is 2. The first-order chi connectivity index (χ1) is 12.4. The number of allylic oxidation sites excluding steroid dienone is 2. The maximum atomic E-state index is 13.0. The molecule has 0 saturated carbocycles. The minimum absolute atomic E-state index is 0.00240. The van der Waals surface area contributed by atoms with Crippen molar-refractivity contribution < 1.29 is 19.4 Å². The molecule has 1 saturated heterocycles. The van der Waals surface area contributed by atoms with Gasteiger partial charge in [0, 0.05) is 23.8 Å². The van der Waals surface area contributed by atoms with Gasteiger partial charge < -0.3 is 9.84 Å². The first kappa shape index (κ1) is 18.1. The highest BCUT2D eigenvalue weighted by Gasteiger charge is 2.54. The average molecular weight is 353 g/mol. The molecule has 0 spiro atoms. The molecular formula is C21H23NO4. The molecule has 136 valence electrons. The maximum Gasteiger partial charge on any atom is 0.343 e. The lowest BCUT2D eigenvalue weighted by molar-refractivity contribution is -0.141. The normalized spacial score (nSPS) is 23.6. The SMILES string of the molecule is C/C=C/c1cc2c(cn1)C(=O)[C@]1(C)OC(=O)C(=C(O)CCCCC)C1=C2. The third-order valence-electron chi connectivity index (χ3n) is 4.86. The molecule has 1 atom stereocenters. The summed E-state index contributed by atoms with van der Waals surface area (Å²) in [5, 5.41) is 10.5. The van der Waals surface area contributed by atoms with E-state index in [0.717, 1.165) is 25.0 Å². The van der Waals surface area contributed by atoms with E-state index in [2.05, 4.69) is 11.9 Å². The molecule has 1 aromatic heterocycles. The highest BCUT2D eigenvalue weighted by Crippen LogP contribution is 2.45. The lowest BCUT2D eigenvalue weighted by Crippen LogP contribution is -2.39. The number of nitrogens with zero attached hydrogens (tertiary/aromatic N) is 1. The highest BCUT2D eigenvalue weighted by atomic mass is 16.6. The zero-order chi connectivity index (χ0) is 18.9. The minimum atomic E-state index is -1.40. The Balaban J connectivity index is 2.11. The van der Waals surface area contributed by atoms with E-state index < -0.39 is 11.6 Å². The number of aliphatic hydroxyl groups excluding tert-OH is 1. The predicted octanol–water partition coefficient (Wildman–Crippen LogP) is 4.40. The number of carbonyl (C=O) groups excluding carboxylic acids is 2. The molecule has 0 amide bonds. The van der Waals surface area contributed by atoms with E-state index in [9.17, 15) is 14.7 Å². The predicted molar refractivity (Wildman–Crippen MR) is 99.5 cm³/mol. The fraction of sp³-hybridized carbons (Fsp3) is 0.381. The molecule has 0 bridgehead atoms. The van der Waals surface area contributed by atoms with E-state index in [4.69, 9.17) is 4.74 Å². The topological polar surface area (TPSA) is 76.5 Å². The number of aliphatic hydroxyl groups is 1. The number of ether oxygens (including phenoxy) is 1. The summed E-state index contributed by atoms with van der Waals surface area (Å²) in [5.41, 5.74) is 0.995. The van der Waals surface area contributed by atoms with Crippen molar-refractivity contribution in [3.8, 4) is 0 Å². The Morgan fingerprint density at radius 2 is 2.12 bits per heavy atom. The van der Waals surface area contributed by atoms with Crippen molar-refractivity contribution in [2.45, 2.75) is 52.1 Å². The van der Waals surface area contributed by atoms with Gasteiger partial charge in [-0.25, -0.2) is 4.79 Å². The molecule has 1 aromatic rings. The van der Waals surface area contributed by atoms with Gasteiger partial charge in [-0.15, -0.1) is 0 Å². The molecule has 1 N–H and O–H groups in total. The van der Waals surface area contributed by atoms with Crippen molar-refractivity contribution >= 4 is 23.9 Å². The van der Waals surface area contributed by atoms with Crippen LogP contribution in [0.1, 0.15) is 68.1 Å². The van der Waals surface area contributed by atoms with Crippen molar-refractivity contribution in [3.05, 3.63) is 52.1 Å². The van der Waals surface area contributed by atoms with Gasteiger partial charge in [-0.2, -0.15) is 0 Å². The molecule has 5 heteroatoms. The highest BCUT2D eigenvalue weighted by molar-refractivity contribution is 6.17. The number of Topliss-reactive ketones (excluding diaryl/α,β-unsaturated/α-hetero) is 1. The van der Waals surface area contributed by atoms with Gasteiger partial charge in [0.15, 0.2) is 5.60 Å². The fourth-order valence-corrected chi connectivity index (χ4v) is 3.43. The molecule has 5 nitrogen and oxygen atoms in total. The van der Waals surface area contributed by atoms with Crippen LogP contribution in [0.25, 0.3) is 12.2 Å². The molecule has 0 unspecified atom stereocenters. The monoisotopic (exact) mass is 353 g/mol. The van der Waals surface area contributed by atoms with E-state index >= 15 is 0 Å². The molecule has 2 aliphatic rings. The van der Waals surface area contributed by atoms with E-state index in [1.807, 2.05) is 19.1 Å². The molecule has 3 rings (SSSR count). The second-order valence-electron chi connectivity index (χ2n) is 6.79. The zero-order valence-corrected chi connectivity index (χ0v) is 15.3. The molecule has 2 heterocycles. The van der Waals surface area contributed by atoms with E-state index in [1.165, 1.54) is 6.20 Å². The Hall–Kier alpha value is -2.69. The molecular weight excluding hydrogens is 330 g/mol. The van der Waals surface area contributed by atoms with Gasteiger partial charge in [0.2, 0.25) is 5.78 Å². The van der Waals surface area contributed by atoms with Gasteiger partial charge in [0.25, 0.3) is 0 Å². The van der Waals surface area contributed by atoms with E-state index in [1.54, 1.807) is 19.1 Å². The van der Waals surface area contributed by atoms with Crippen molar-refractivity contribution in [1.82, 2.24) is 4.98 Å². The summed E-state index contributed by atoms with van der Waals surface area (Å²) in [4.78, 5) is 29.7. The smallest absolute Gasteiger partial charge is 0.343 e. The Labute approximate surface area is 153 Å². The van der Waals surface area contributed by atoms with Crippen LogP contribution in [0.15, 0.2) is 35.2 Å². The van der Waals surface area contributed by atoms with Crippen molar-refractivity contribution in [3.63, 3.8) is 0 Å². The van der Waals surface area contributed by atoms with Crippen LogP contribution in [-0.4, -0.2) is 27.4 Å². The number of esters is 1. The molecule has 26 heavy (non-hydrogen) atoms. The summed E-state index contributed by atoms with van der Waals surface area (Å²) < 4.78 is 5.42. The quantitative estimate of drug-likeness (QED) is 0.367. The molecule has 0 radical (unpaired) electrons. The average Bonchev–Trinajstić information content (AvgIpc) is 2.86. The second kappa shape index (κ2) is 6.90. The summed E-state index contributed by atoms with van der Waals surface area (Å²) >= 11 is 0. The summed E-state index contributed by atoms with van der Waals surface area (Å²) in [5.74, 6) is -0.956. The Morgan fingerprint density at radius 1 is 1.35 bits per heavy atom. The summed E-state index contributed by atoms with van der Waals surface area (Å²) in [6.07, 6.45) is 10.1. The largest absolute Gasteiger partial charge is 0.511 e. The lowest BCUT2D eigenvalue weighted by atomic mass is 9.78. The van der Waals surface area contributed by atoms with Crippen LogP contribution in [-0.2, 0) is 9.53 Å². The van der Waals surface area contributed by atoms with Gasteiger partial charge in [-0.05, 0) is 44.1 Å². The molecule has 1 fully saturated rings. The van der Waals surface area contributed by atoms with Crippen LogP contribution in [0.2, 0.25) is 0 Å². The first-order valence-electron chi connectivity index (χ1n) is 8.98. The third kappa shape index (κ3) is 2.87. The third-order valence-corrected chi connectivity index (χ3v) is 4.86. The van der Waals surface area contributed by atoms with E-state index in [0.29, 0.717) is 23.1 Å².